The van der Waals surface area contributed by atoms with Crippen LogP contribution in [-0.4, -0.2) is 43.3 Å². The Balaban J connectivity index is 2.82. The van der Waals surface area contributed by atoms with Crippen molar-refractivity contribution in [3.63, 3.8) is 0 Å². The summed E-state index contributed by atoms with van der Waals surface area (Å²) in [5.74, 6) is 0.860. The molecule has 0 N–H and O–H groups in total. The molecule has 0 radical (unpaired) electrons. The highest BCUT2D eigenvalue weighted by Crippen LogP contribution is 2.02. The standard InChI is InChI=1S/C6H13N5/c1-9(2)6-5-11(8-7-6)10(3)4/h5H,1-4H3. The SMILES string of the molecule is CN(C)c1cn(N(C)C)nn1. The fourth-order valence-corrected chi connectivity index (χ4v) is 0.647. The first-order valence-corrected chi connectivity index (χ1v) is 3.38. The minimum absolute atomic E-state index is 0.860. The van der Waals surface area contributed by atoms with Crippen molar-refractivity contribution in [2.75, 3.05) is 38.1 Å². The van der Waals surface area contributed by atoms with E-state index in [4.69, 9.17) is 0 Å². The summed E-state index contributed by atoms with van der Waals surface area (Å²) in [7, 11) is 7.69. The van der Waals surface area contributed by atoms with Gasteiger partial charge in [-0.2, -0.15) is 4.79 Å². The Morgan fingerprint density at radius 3 is 2.18 bits per heavy atom. The maximum atomic E-state index is 3.93. The van der Waals surface area contributed by atoms with E-state index < -0.39 is 0 Å². The molecule has 0 fully saturated rings. The van der Waals surface area contributed by atoms with E-state index in [1.54, 1.807) is 4.79 Å². The third-order valence-electron chi connectivity index (χ3n) is 1.34. The van der Waals surface area contributed by atoms with Crippen LogP contribution < -0.4 is 9.91 Å². The molecule has 0 aromatic carbocycles. The maximum absolute atomic E-state index is 3.93. The molecule has 0 aliphatic carbocycles. The monoisotopic (exact) mass is 155 g/mol. The highest BCUT2D eigenvalue weighted by molar-refractivity contribution is 5.31. The highest BCUT2D eigenvalue weighted by atomic mass is 15.7. The lowest BCUT2D eigenvalue weighted by Gasteiger charge is -2.10. The van der Waals surface area contributed by atoms with E-state index in [1.165, 1.54) is 0 Å². The van der Waals surface area contributed by atoms with Crippen molar-refractivity contribution in [2.45, 2.75) is 0 Å². The van der Waals surface area contributed by atoms with Crippen LogP contribution in [0.15, 0.2) is 6.20 Å². The molecule has 0 spiro atoms. The third kappa shape index (κ3) is 1.60. The quantitative estimate of drug-likeness (QED) is 0.579. The summed E-state index contributed by atoms with van der Waals surface area (Å²) in [6.07, 6.45) is 1.86. The van der Waals surface area contributed by atoms with Gasteiger partial charge in [-0.15, -0.1) is 5.10 Å². The summed E-state index contributed by atoms with van der Waals surface area (Å²) in [6.45, 7) is 0. The summed E-state index contributed by atoms with van der Waals surface area (Å²) in [5, 5.41) is 9.67. The second-order valence-electron chi connectivity index (χ2n) is 2.74. The molecule has 1 aromatic rings. The van der Waals surface area contributed by atoms with Crippen molar-refractivity contribution in [2.24, 2.45) is 0 Å². The third-order valence-corrected chi connectivity index (χ3v) is 1.34. The molecule has 0 aliphatic rings. The lowest BCUT2D eigenvalue weighted by Crippen LogP contribution is -2.25. The Labute approximate surface area is 66.2 Å². The van der Waals surface area contributed by atoms with Crippen LogP contribution in [0.25, 0.3) is 0 Å². The Kier molecular flexibility index (Phi) is 1.98. The van der Waals surface area contributed by atoms with Crippen LogP contribution >= 0.6 is 0 Å². The molecule has 0 saturated carbocycles. The van der Waals surface area contributed by atoms with Gasteiger partial charge in [0.25, 0.3) is 0 Å². The smallest absolute Gasteiger partial charge is 0.172 e. The van der Waals surface area contributed by atoms with E-state index in [0.29, 0.717) is 0 Å². The maximum Gasteiger partial charge on any atom is 0.172 e. The van der Waals surface area contributed by atoms with Crippen molar-refractivity contribution in [3.8, 4) is 0 Å². The summed E-state index contributed by atoms with van der Waals surface area (Å²) >= 11 is 0. The number of nitrogens with zero attached hydrogens (tertiary/aromatic N) is 5. The van der Waals surface area contributed by atoms with E-state index in [0.717, 1.165) is 5.82 Å². The molecule has 5 nitrogen and oxygen atoms in total. The molecule has 0 aliphatic heterocycles. The summed E-state index contributed by atoms with van der Waals surface area (Å²) in [4.78, 5) is 3.59. The van der Waals surface area contributed by atoms with Gasteiger partial charge < -0.3 is 9.91 Å². The molecule has 0 bridgehead atoms. The van der Waals surface area contributed by atoms with Crippen molar-refractivity contribution in [3.05, 3.63) is 6.20 Å². The lowest BCUT2D eigenvalue weighted by atomic mass is 10.7. The molecular weight excluding hydrogens is 142 g/mol. The average Bonchev–Trinajstić information content (AvgIpc) is 2.33. The lowest BCUT2D eigenvalue weighted by molar-refractivity contribution is 0.609. The van der Waals surface area contributed by atoms with Gasteiger partial charge in [-0.1, -0.05) is 0 Å². The van der Waals surface area contributed by atoms with Crippen molar-refractivity contribution in [1.82, 2.24) is 15.1 Å². The normalized spacial score (nSPS) is 9.82. The first kappa shape index (κ1) is 7.84. The first-order chi connectivity index (χ1) is 5.11. The summed E-state index contributed by atoms with van der Waals surface area (Å²) in [5.41, 5.74) is 0. The predicted molar refractivity (Wildman–Crippen MR) is 44.4 cm³/mol. The van der Waals surface area contributed by atoms with E-state index >= 15 is 0 Å². The number of hydrogen-bond acceptors (Lipinski definition) is 4. The molecule has 0 saturated heterocycles. The minimum Gasteiger partial charge on any atom is -0.360 e. The Hall–Kier alpha value is -1.26. The highest BCUT2D eigenvalue weighted by Gasteiger charge is 2.01. The molecule has 1 rings (SSSR count). The van der Waals surface area contributed by atoms with Crippen molar-refractivity contribution >= 4 is 5.82 Å². The van der Waals surface area contributed by atoms with Crippen LogP contribution in [0.1, 0.15) is 0 Å². The van der Waals surface area contributed by atoms with Gasteiger partial charge >= 0.3 is 0 Å². The molecular formula is C6H13N5. The fraction of sp³-hybridized carbons (Fsp3) is 0.667. The van der Waals surface area contributed by atoms with Gasteiger partial charge in [0.15, 0.2) is 5.82 Å². The Morgan fingerprint density at radius 1 is 1.27 bits per heavy atom. The predicted octanol–water partition coefficient (Wildman–Crippen LogP) is -0.458. The van der Waals surface area contributed by atoms with Crippen LogP contribution in [0, 0.1) is 0 Å². The topological polar surface area (TPSA) is 37.2 Å². The van der Waals surface area contributed by atoms with E-state index in [9.17, 15) is 0 Å². The second-order valence-corrected chi connectivity index (χ2v) is 2.74. The largest absolute Gasteiger partial charge is 0.360 e. The number of anilines is 1. The van der Waals surface area contributed by atoms with Gasteiger partial charge in [-0.05, 0) is 5.21 Å². The van der Waals surface area contributed by atoms with Crippen LogP contribution in [0.3, 0.4) is 0 Å². The summed E-state index contributed by atoms with van der Waals surface area (Å²) in [6, 6.07) is 0. The molecule has 0 amide bonds. The van der Waals surface area contributed by atoms with E-state index in [1.807, 2.05) is 44.3 Å². The Bertz CT molecular complexity index is 204. The van der Waals surface area contributed by atoms with Crippen LogP contribution in [0.5, 0.6) is 0 Å². The van der Waals surface area contributed by atoms with Gasteiger partial charge in [0.1, 0.15) is 0 Å². The molecule has 5 heteroatoms. The van der Waals surface area contributed by atoms with Crippen LogP contribution in [0.4, 0.5) is 5.82 Å². The van der Waals surface area contributed by atoms with Crippen molar-refractivity contribution in [1.29, 1.82) is 0 Å². The molecule has 1 aromatic heterocycles. The molecule has 11 heavy (non-hydrogen) atoms. The molecule has 0 atom stereocenters. The Morgan fingerprint density at radius 2 is 1.91 bits per heavy atom. The fourth-order valence-electron chi connectivity index (χ4n) is 0.647. The van der Waals surface area contributed by atoms with Gasteiger partial charge in [-0.3, -0.25) is 0 Å². The van der Waals surface area contributed by atoms with E-state index in [2.05, 4.69) is 10.3 Å². The van der Waals surface area contributed by atoms with Gasteiger partial charge in [0.2, 0.25) is 0 Å². The summed E-state index contributed by atoms with van der Waals surface area (Å²) < 4.78 is 0. The van der Waals surface area contributed by atoms with Crippen LogP contribution in [-0.2, 0) is 0 Å². The van der Waals surface area contributed by atoms with E-state index in [-0.39, 0.29) is 0 Å². The zero-order chi connectivity index (χ0) is 8.43. The minimum atomic E-state index is 0.860. The van der Waals surface area contributed by atoms with Gasteiger partial charge in [0, 0.05) is 28.2 Å². The average molecular weight is 155 g/mol. The van der Waals surface area contributed by atoms with Gasteiger partial charge in [-0.25, -0.2) is 0 Å². The number of rotatable bonds is 2. The van der Waals surface area contributed by atoms with Crippen molar-refractivity contribution < 1.29 is 0 Å². The molecule has 0 unspecified atom stereocenters. The zero-order valence-corrected chi connectivity index (χ0v) is 7.31. The molecule has 62 valence electrons. The molecule has 1 heterocycles. The second kappa shape index (κ2) is 2.77. The zero-order valence-electron chi connectivity index (χ0n) is 7.31. The van der Waals surface area contributed by atoms with Crippen LogP contribution in [0.2, 0.25) is 0 Å². The number of hydrogen-bond donors (Lipinski definition) is 0. The van der Waals surface area contributed by atoms with Gasteiger partial charge in [0.05, 0.1) is 6.20 Å². The first-order valence-electron chi connectivity index (χ1n) is 3.38. The number of aromatic nitrogens is 3.